The van der Waals surface area contributed by atoms with E-state index in [0.717, 1.165) is 25.2 Å². The Morgan fingerprint density at radius 1 is 1.41 bits per heavy atom. The van der Waals surface area contributed by atoms with Crippen molar-refractivity contribution in [2.45, 2.75) is 51.6 Å². The monoisotopic (exact) mass is 237 g/mol. The van der Waals surface area contributed by atoms with E-state index in [2.05, 4.69) is 21.8 Å². The number of aliphatic hydroxyl groups excluding tert-OH is 1. The van der Waals surface area contributed by atoms with Crippen LogP contribution in [0.2, 0.25) is 0 Å². The van der Waals surface area contributed by atoms with Gasteiger partial charge < -0.3 is 15.0 Å². The van der Waals surface area contributed by atoms with Crippen molar-refractivity contribution < 1.29 is 5.11 Å². The van der Waals surface area contributed by atoms with Crippen LogP contribution < -0.4 is 5.32 Å². The highest BCUT2D eigenvalue weighted by Crippen LogP contribution is 2.23. The van der Waals surface area contributed by atoms with Crippen LogP contribution in [0.25, 0.3) is 0 Å². The molecule has 0 radical (unpaired) electrons. The number of hydrogen-bond acceptors (Lipinski definition) is 3. The average molecular weight is 237 g/mol. The number of nitrogens with one attached hydrogen (secondary N) is 1. The first-order chi connectivity index (χ1) is 8.09. The largest absolute Gasteiger partial charge is 0.394 e. The Kier molecular flexibility index (Phi) is 3.54. The quantitative estimate of drug-likeness (QED) is 0.822. The molecule has 0 bridgehead atoms. The number of imidazole rings is 1. The molecular formula is C13H23N3O. The van der Waals surface area contributed by atoms with E-state index in [1.807, 2.05) is 14.0 Å². The molecule has 1 aliphatic carbocycles. The van der Waals surface area contributed by atoms with Gasteiger partial charge in [-0.05, 0) is 46.6 Å². The number of fused-ring (bicyclic) bond motifs is 1. The molecule has 17 heavy (non-hydrogen) atoms. The van der Waals surface area contributed by atoms with Crippen molar-refractivity contribution in [3.8, 4) is 0 Å². The highest BCUT2D eigenvalue weighted by molar-refractivity contribution is 5.20. The van der Waals surface area contributed by atoms with Crippen LogP contribution in [-0.2, 0) is 19.4 Å². The van der Waals surface area contributed by atoms with Crippen molar-refractivity contribution in [3.63, 3.8) is 0 Å². The Bertz CT molecular complexity index is 394. The molecule has 96 valence electrons. The zero-order chi connectivity index (χ0) is 12.5. The van der Waals surface area contributed by atoms with Crippen molar-refractivity contribution in [2.24, 2.45) is 0 Å². The predicted octanol–water partition coefficient (Wildman–Crippen LogP) is 1.04. The van der Waals surface area contributed by atoms with E-state index in [1.54, 1.807) is 0 Å². The van der Waals surface area contributed by atoms with Crippen molar-refractivity contribution >= 4 is 0 Å². The second-order valence-electron chi connectivity index (χ2n) is 5.31. The number of aliphatic hydroxyl groups is 1. The van der Waals surface area contributed by atoms with Gasteiger partial charge in [0.15, 0.2) is 0 Å². The summed E-state index contributed by atoms with van der Waals surface area (Å²) in [4.78, 5) is 4.66. The molecule has 0 fully saturated rings. The number of nitrogens with zero attached hydrogens (tertiary/aromatic N) is 2. The first-order valence-electron chi connectivity index (χ1n) is 6.44. The van der Waals surface area contributed by atoms with Gasteiger partial charge in [0.1, 0.15) is 5.82 Å². The van der Waals surface area contributed by atoms with Crippen molar-refractivity contribution in [2.75, 3.05) is 13.7 Å². The molecule has 1 atom stereocenters. The first-order valence-corrected chi connectivity index (χ1v) is 6.44. The highest BCUT2D eigenvalue weighted by atomic mass is 16.3. The fourth-order valence-electron chi connectivity index (χ4n) is 2.50. The molecule has 0 spiro atoms. The highest BCUT2D eigenvalue weighted by Gasteiger charge is 2.26. The Hall–Kier alpha value is -0.870. The van der Waals surface area contributed by atoms with Crippen molar-refractivity contribution in [3.05, 3.63) is 17.2 Å². The lowest BCUT2D eigenvalue weighted by Crippen LogP contribution is -2.47. The third kappa shape index (κ3) is 2.38. The minimum atomic E-state index is -0.267. The molecule has 4 nitrogen and oxygen atoms in total. The van der Waals surface area contributed by atoms with Gasteiger partial charge in [-0.25, -0.2) is 4.98 Å². The second-order valence-corrected chi connectivity index (χ2v) is 5.31. The number of rotatable bonds is 4. The Morgan fingerprint density at radius 2 is 2.12 bits per heavy atom. The van der Waals surface area contributed by atoms with E-state index in [9.17, 15) is 5.11 Å². The standard InChI is InChI=1S/C13H23N3O/c1-10-15-11-6-4-5-7-12(11)16(10)8-13(2,9-17)14-3/h14,17H,4-9H2,1-3H3. The van der Waals surface area contributed by atoms with E-state index in [4.69, 9.17) is 0 Å². The third-order valence-electron chi connectivity index (χ3n) is 3.88. The Labute approximate surface area is 103 Å². The van der Waals surface area contributed by atoms with Gasteiger partial charge in [0, 0.05) is 12.2 Å². The molecule has 1 aromatic rings. The summed E-state index contributed by atoms with van der Waals surface area (Å²) < 4.78 is 2.28. The molecular weight excluding hydrogens is 214 g/mol. The van der Waals surface area contributed by atoms with Gasteiger partial charge >= 0.3 is 0 Å². The molecule has 0 aromatic carbocycles. The zero-order valence-corrected chi connectivity index (χ0v) is 11.1. The molecule has 0 saturated heterocycles. The minimum absolute atomic E-state index is 0.135. The molecule has 2 rings (SSSR count). The molecule has 4 heteroatoms. The summed E-state index contributed by atoms with van der Waals surface area (Å²) in [7, 11) is 1.90. The smallest absolute Gasteiger partial charge is 0.106 e. The van der Waals surface area contributed by atoms with Crippen LogP contribution in [0, 0.1) is 6.92 Å². The zero-order valence-electron chi connectivity index (χ0n) is 11.1. The first kappa shape index (κ1) is 12.6. The van der Waals surface area contributed by atoms with Crippen LogP contribution in [-0.4, -0.2) is 33.9 Å². The lowest BCUT2D eigenvalue weighted by atomic mass is 9.99. The summed E-state index contributed by atoms with van der Waals surface area (Å²) in [6, 6.07) is 0. The molecule has 0 saturated carbocycles. The number of hydrogen-bond donors (Lipinski definition) is 2. The molecule has 1 aromatic heterocycles. The van der Waals surface area contributed by atoms with Crippen LogP contribution >= 0.6 is 0 Å². The van der Waals surface area contributed by atoms with Gasteiger partial charge in [-0.3, -0.25) is 0 Å². The van der Waals surface area contributed by atoms with Gasteiger partial charge in [0.2, 0.25) is 0 Å². The van der Waals surface area contributed by atoms with E-state index in [1.165, 1.54) is 24.2 Å². The van der Waals surface area contributed by atoms with Gasteiger partial charge in [0.25, 0.3) is 0 Å². The molecule has 1 heterocycles. The lowest BCUT2D eigenvalue weighted by molar-refractivity contribution is 0.163. The van der Waals surface area contributed by atoms with Crippen LogP contribution in [0.5, 0.6) is 0 Å². The fraction of sp³-hybridized carbons (Fsp3) is 0.769. The van der Waals surface area contributed by atoms with Crippen molar-refractivity contribution in [1.29, 1.82) is 0 Å². The maximum Gasteiger partial charge on any atom is 0.106 e. The number of aryl methyl sites for hydroxylation is 2. The Morgan fingerprint density at radius 3 is 2.76 bits per heavy atom. The van der Waals surface area contributed by atoms with Crippen LogP contribution in [0.1, 0.15) is 37.0 Å². The number of aromatic nitrogens is 2. The second kappa shape index (κ2) is 4.78. The van der Waals surface area contributed by atoms with Gasteiger partial charge in [-0.1, -0.05) is 0 Å². The van der Waals surface area contributed by atoms with Gasteiger partial charge in [-0.15, -0.1) is 0 Å². The van der Waals surface area contributed by atoms with Gasteiger partial charge in [0.05, 0.1) is 17.8 Å². The van der Waals surface area contributed by atoms with E-state index >= 15 is 0 Å². The maximum absolute atomic E-state index is 9.48. The third-order valence-corrected chi connectivity index (χ3v) is 3.88. The SMILES string of the molecule is CNC(C)(CO)Cn1c(C)nc2c1CCCC2. The minimum Gasteiger partial charge on any atom is -0.394 e. The van der Waals surface area contributed by atoms with Crippen LogP contribution in [0.3, 0.4) is 0 Å². The lowest BCUT2D eigenvalue weighted by Gasteiger charge is -2.29. The summed E-state index contributed by atoms with van der Waals surface area (Å²) in [5.74, 6) is 1.08. The summed E-state index contributed by atoms with van der Waals surface area (Å²) >= 11 is 0. The molecule has 1 unspecified atom stereocenters. The van der Waals surface area contributed by atoms with Crippen molar-refractivity contribution in [1.82, 2.24) is 14.9 Å². The number of likely N-dealkylation sites (N-methyl/N-ethyl adjacent to an activating group) is 1. The Balaban J connectivity index is 2.29. The van der Waals surface area contributed by atoms with Crippen LogP contribution in [0.15, 0.2) is 0 Å². The molecule has 2 N–H and O–H groups in total. The van der Waals surface area contributed by atoms with E-state index in [0.29, 0.717) is 0 Å². The molecule has 1 aliphatic rings. The fourth-order valence-corrected chi connectivity index (χ4v) is 2.50. The summed E-state index contributed by atoms with van der Waals surface area (Å²) in [5.41, 5.74) is 2.38. The predicted molar refractivity (Wildman–Crippen MR) is 68.2 cm³/mol. The van der Waals surface area contributed by atoms with E-state index < -0.39 is 0 Å². The molecule has 0 amide bonds. The topological polar surface area (TPSA) is 50.1 Å². The van der Waals surface area contributed by atoms with Crippen LogP contribution in [0.4, 0.5) is 0 Å². The summed E-state index contributed by atoms with van der Waals surface area (Å²) in [6.45, 7) is 5.03. The molecule has 0 aliphatic heterocycles. The maximum atomic E-state index is 9.48. The van der Waals surface area contributed by atoms with E-state index in [-0.39, 0.29) is 12.1 Å². The normalized spacial score (nSPS) is 18.8. The van der Waals surface area contributed by atoms with Gasteiger partial charge in [-0.2, -0.15) is 0 Å². The average Bonchev–Trinajstić information content (AvgIpc) is 2.66. The summed E-state index contributed by atoms with van der Waals surface area (Å²) in [6.07, 6.45) is 4.75. The summed E-state index contributed by atoms with van der Waals surface area (Å²) in [5, 5.41) is 12.7.